The Morgan fingerprint density at radius 1 is 1.26 bits per heavy atom. The lowest BCUT2D eigenvalue weighted by atomic mass is 9.99. The average molecular weight is 594 g/mol. The molecule has 4 amide bonds. The van der Waals surface area contributed by atoms with Crippen LogP contribution in [0.2, 0.25) is 0 Å². The van der Waals surface area contributed by atoms with Crippen molar-refractivity contribution in [3.63, 3.8) is 0 Å². The highest BCUT2D eigenvalue weighted by Gasteiger charge is 2.52. The third-order valence-corrected chi connectivity index (χ3v) is 8.42. The first kappa shape index (κ1) is 29.1. The highest BCUT2D eigenvalue weighted by atomic mass is 32.1. The number of carbonyl (C=O) groups is 3. The quantitative estimate of drug-likeness (QED) is 0.159. The minimum atomic E-state index is -0.904. The number of urea groups is 1. The molecule has 12 nitrogen and oxygen atoms in total. The number of unbranched alkanes of at least 4 members (excludes halogenated alkanes) is 1. The van der Waals surface area contributed by atoms with Crippen LogP contribution in [0.3, 0.4) is 0 Å². The Balaban J connectivity index is 1.50. The van der Waals surface area contributed by atoms with E-state index in [2.05, 4.69) is 16.9 Å². The Kier molecular flexibility index (Phi) is 8.50. The van der Waals surface area contributed by atoms with Gasteiger partial charge in [-0.15, -0.1) is 6.58 Å². The average Bonchev–Trinajstić information content (AvgIpc) is 3.50. The van der Waals surface area contributed by atoms with Crippen LogP contribution in [0.1, 0.15) is 30.9 Å². The summed E-state index contributed by atoms with van der Waals surface area (Å²) in [4.78, 5) is 48.6. The number of thiazole rings is 1. The molecule has 2 atom stereocenters. The van der Waals surface area contributed by atoms with Crippen molar-refractivity contribution >= 4 is 44.5 Å². The lowest BCUT2D eigenvalue weighted by molar-refractivity contribution is -0.157. The molecule has 0 bridgehead atoms. The summed E-state index contributed by atoms with van der Waals surface area (Å²) in [6.07, 6.45) is 2.82. The summed E-state index contributed by atoms with van der Waals surface area (Å²) in [6, 6.07) is 8.82. The summed E-state index contributed by atoms with van der Waals surface area (Å²) in [5, 5.41) is 26.4. The fourth-order valence-electron chi connectivity index (χ4n) is 5.56. The molecule has 0 saturated carbocycles. The van der Waals surface area contributed by atoms with E-state index < -0.39 is 12.2 Å². The van der Waals surface area contributed by atoms with E-state index in [9.17, 15) is 24.6 Å². The van der Waals surface area contributed by atoms with Crippen molar-refractivity contribution in [2.75, 3.05) is 31.9 Å². The second-order valence-electron chi connectivity index (χ2n) is 10.4. The van der Waals surface area contributed by atoms with Crippen LogP contribution < -0.4 is 11.1 Å². The molecule has 2 saturated heterocycles. The number of nitrogen functional groups attached to an aromatic ring is 1. The van der Waals surface area contributed by atoms with Gasteiger partial charge in [0.15, 0.2) is 16.6 Å². The van der Waals surface area contributed by atoms with Crippen molar-refractivity contribution in [2.45, 2.75) is 44.9 Å². The van der Waals surface area contributed by atoms with Gasteiger partial charge >= 0.3 is 6.03 Å². The van der Waals surface area contributed by atoms with Crippen molar-refractivity contribution in [2.24, 2.45) is 0 Å². The van der Waals surface area contributed by atoms with Crippen molar-refractivity contribution in [1.82, 2.24) is 30.1 Å². The molecule has 1 aromatic heterocycles. The maximum atomic E-state index is 14.1. The predicted octanol–water partition coefficient (Wildman–Crippen LogP) is 2.63. The van der Waals surface area contributed by atoms with Gasteiger partial charge < -0.3 is 31.1 Å². The van der Waals surface area contributed by atoms with Gasteiger partial charge in [-0.1, -0.05) is 49.0 Å². The minimum Gasteiger partial charge on any atom is -0.504 e. The molecule has 222 valence electrons. The molecule has 5 N–H and O–H groups in total. The zero-order valence-corrected chi connectivity index (χ0v) is 24.2. The zero-order chi connectivity index (χ0) is 30.0. The van der Waals surface area contributed by atoms with Gasteiger partial charge in [0, 0.05) is 19.5 Å². The minimum absolute atomic E-state index is 0.0870. The summed E-state index contributed by atoms with van der Waals surface area (Å²) >= 11 is 1.37. The number of hydrogen-bond acceptors (Lipinski definition) is 9. The molecule has 3 heterocycles. The number of phenolic OH excluding ortho intramolecular Hbond substituents is 2. The lowest BCUT2D eigenvalue weighted by Gasteiger charge is -2.46. The van der Waals surface area contributed by atoms with E-state index in [0.29, 0.717) is 17.2 Å². The number of aromatic hydroxyl groups is 2. The lowest BCUT2D eigenvalue weighted by Crippen LogP contribution is -2.66. The number of para-hydroxylation sites is 1. The van der Waals surface area contributed by atoms with E-state index in [1.54, 1.807) is 27.0 Å². The highest BCUT2D eigenvalue weighted by Crippen LogP contribution is 2.33. The number of benzene rings is 2. The van der Waals surface area contributed by atoms with Crippen LogP contribution in [0.25, 0.3) is 10.2 Å². The molecule has 2 aromatic carbocycles. The SMILES string of the molecule is C=CCN(C(=O)NCCCC)N1CC(=O)N2[C@@H](Cc3ccc(O)c(O)c3)C(=O)N(Cc3cccc4sc(N)nc34)C[C@@H]21. The zero-order valence-electron chi connectivity index (χ0n) is 23.4. The predicted molar refractivity (Wildman–Crippen MR) is 159 cm³/mol. The van der Waals surface area contributed by atoms with Gasteiger partial charge in [-0.3, -0.25) is 14.6 Å². The van der Waals surface area contributed by atoms with Crippen LogP contribution >= 0.6 is 11.3 Å². The van der Waals surface area contributed by atoms with Gasteiger partial charge in [-0.05, 0) is 35.7 Å². The summed E-state index contributed by atoms with van der Waals surface area (Å²) in [5.74, 6) is -1.14. The number of aromatic nitrogens is 1. The molecule has 2 aliphatic heterocycles. The largest absolute Gasteiger partial charge is 0.504 e. The van der Waals surface area contributed by atoms with Crippen LogP contribution in [-0.4, -0.2) is 91.2 Å². The maximum absolute atomic E-state index is 14.1. The number of fused-ring (bicyclic) bond motifs is 2. The number of hydrogen-bond donors (Lipinski definition) is 4. The summed E-state index contributed by atoms with van der Waals surface area (Å²) < 4.78 is 0.908. The molecule has 5 rings (SSSR count). The molecular weight excluding hydrogens is 558 g/mol. The van der Waals surface area contributed by atoms with E-state index in [-0.39, 0.29) is 61.9 Å². The number of amides is 4. The summed E-state index contributed by atoms with van der Waals surface area (Å²) in [6.45, 7) is 6.81. The molecule has 2 aliphatic rings. The van der Waals surface area contributed by atoms with Gasteiger partial charge in [0.2, 0.25) is 11.8 Å². The molecule has 0 unspecified atom stereocenters. The number of carbonyl (C=O) groups excluding carboxylic acids is 3. The Bertz CT molecular complexity index is 1510. The van der Waals surface area contributed by atoms with Crippen LogP contribution in [0.4, 0.5) is 9.93 Å². The Morgan fingerprint density at radius 2 is 2.07 bits per heavy atom. The first-order chi connectivity index (χ1) is 20.2. The third-order valence-electron chi connectivity index (χ3n) is 7.57. The molecular formula is C29H35N7O5S. The van der Waals surface area contributed by atoms with Crippen molar-refractivity contribution < 1.29 is 24.6 Å². The van der Waals surface area contributed by atoms with E-state index in [1.165, 1.54) is 28.5 Å². The number of phenols is 2. The Hall–Kier alpha value is -4.36. The van der Waals surface area contributed by atoms with Gasteiger partial charge in [-0.2, -0.15) is 5.01 Å². The van der Waals surface area contributed by atoms with E-state index >= 15 is 0 Å². The smallest absolute Gasteiger partial charge is 0.332 e. The van der Waals surface area contributed by atoms with Crippen LogP contribution in [0.5, 0.6) is 11.5 Å². The monoisotopic (exact) mass is 593 g/mol. The number of hydrazine groups is 1. The van der Waals surface area contributed by atoms with Crippen molar-refractivity contribution in [3.05, 3.63) is 60.2 Å². The number of piperazine rings is 1. The number of rotatable bonds is 10. The molecule has 0 aliphatic carbocycles. The van der Waals surface area contributed by atoms with Gasteiger partial charge in [0.25, 0.3) is 0 Å². The summed E-state index contributed by atoms with van der Waals surface area (Å²) in [5.41, 5.74) is 8.09. The van der Waals surface area contributed by atoms with Gasteiger partial charge in [0.05, 0.1) is 29.9 Å². The van der Waals surface area contributed by atoms with E-state index in [1.807, 2.05) is 25.1 Å². The molecule has 42 heavy (non-hydrogen) atoms. The van der Waals surface area contributed by atoms with Crippen molar-refractivity contribution in [3.8, 4) is 11.5 Å². The van der Waals surface area contributed by atoms with Gasteiger partial charge in [-0.25, -0.2) is 9.78 Å². The first-order valence-corrected chi connectivity index (χ1v) is 14.7. The number of anilines is 1. The van der Waals surface area contributed by atoms with E-state index in [4.69, 9.17) is 5.73 Å². The fraction of sp³-hybridized carbons (Fsp3) is 0.379. The normalized spacial score (nSPS) is 18.9. The number of nitrogens with two attached hydrogens (primary N) is 1. The first-order valence-electron chi connectivity index (χ1n) is 13.9. The molecule has 0 spiro atoms. The van der Waals surface area contributed by atoms with Crippen LogP contribution in [0.15, 0.2) is 49.1 Å². The van der Waals surface area contributed by atoms with E-state index in [0.717, 1.165) is 28.6 Å². The van der Waals surface area contributed by atoms with Crippen LogP contribution in [-0.2, 0) is 22.6 Å². The Morgan fingerprint density at radius 3 is 2.81 bits per heavy atom. The maximum Gasteiger partial charge on any atom is 0.332 e. The molecule has 3 aromatic rings. The van der Waals surface area contributed by atoms with Gasteiger partial charge in [0.1, 0.15) is 12.2 Å². The molecule has 2 fully saturated rings. The Labute approximate surface area is 247 Å². The number of nitrogens with zero attached hydrogens (tertiary/aromatic N) is 5. The van der Waals surface area contributed by atoms with Crippen molar-refractivity contribution in [1.29, 1.82) is 0 Å². The second kappa shape index (κ2) is 12.2. The number of nitrogens with one attached hydrogen (secondary N) is 1. The summed E-state index contributed by atoms with van der Waals surface area (Å²) in [7, 11) is 0. The van der Waals surface area contributed by atoms with Crippen LogP contribution in [0, 0.1) is 0 Å². The third kappa shape index (κ3) is 5.70. The standard InChI is InChI=1S/C29H35N7O5S/c1-3-5-11-31-29(41)34(12-4-2)35-17-25(39)36-20(13-18-9-10-21(37)22(38)14-18)27(40)33(16-24(35)36)15-19-7-6-8-23-26(19)32-28(30)42-23/h4,6-10,14,20,24,37-38H,2-3,5,11-13,15-17H2,1H3,(H2,30,32)(H,31,41)/t20-,24+/m0/s1. The topological polar surface area (TPSA) is 156 Å². The molecule has 0 radical (unpaired) electrons. The second-order valence-corrected chi connectivity index (χ2v) is 11.5. The highest BCUT2D eigenvalue weighted by molar-refractivity contribution is 7.22. The fourth-order valence-corrected chi connectivity index (χ4v) is 6.34. The molecule has 13 heteroatoms.